The molecule has 0 fully saturated rings. The fourth-order valence-corrected chi connectivity index (χ4v) is 1.88. The van der Waals surface area contributed by atoms with Gasteiger partial charge in [0, 0.05) is 5.69 Å². The molecule has 0 aliphatic carbocycles. The zero-order chi connectivity index (χ0) is 15.7. The molecule has 108 valence electrons. The van der Waals surface area contributed by atoms with Gasteiger partial charge < -0.3 is 9.51 Å². The van der Waals surface area contributed by atoms with Gasteiger partial charge in [-0.25, -0.2) is 0 Å². The van der Waals surface area contributed by atoms with E-state index in [1.165, 1.54) is 6.07 Å². The highest BCUT2D eigenvalue weighted by Crippen LogP contribution is 2.22. The monoisotopic (exact) mass is 294 g/mol. The third-order valence-electron chi connectivity index (χ3n) is 3.04. The molecule has 0 amide bonds. The van der Waals surface area contributed by atoms with Gasteiger partial charge in [-0.15, -0.1) is 5.10 Å². The molecule has 22 heavy (non-hydrogen) atoms. The second-order valence-electron chi connectivity index (χ2n) is 4.65. The van der Waals surface area contributed by atoms with Crippen LogP contribution in [0.1, 0.15) is 17.0 Å². The minimum Gasteiger partial charge on any atom is -0.333 e. The van der Waals surface area contributed by atoms with Gasteiger partial charge >= 0.3 is 0 Å². The molecular weight excluding hydrogens is 284 g/mol. The quantitative estimate of drug-likeness (QED) is 0.757. The summed E-state index contributed by atoms with van der Waals surface area (Å²) in [6.07, 6.45) is 0. The van der Waals surface area contributed by atoms with Crippen LogP contribution in [0.4, 0.5) is 0 Å². The number of aromatic nitrogens is 5. The number of hydrogen-bond donors (Lipinski definition) is 1. The summed E-state index contributed by atoms with van der Waals surface area (Å²) in [7, 11) is 0. The molecule has 0 spiro atoms. The molecule has 1 N–H and O–H groups in total. The Balaban J connectivity index is 2.06. The van der Waals surface area contributed by atoms with Gasteiger partial charge in [0.2, 0.25) is 5.82 Å². The van der Waals surface area contributed by atoms with Crippen LogP contribution in [0.15, 0.2) is 27.5 Å². The van der Waals surface area contributed by atoms with E-state index < -0.39 is 5.56 Å². The predicted octanol–water partition coefficient (Wildman–Crippen LogP) is 1.37. The number of nitrogens with zero attached hydrogens (tertiary/aromatic N) is 5. The molecule has 0 atom stereocenters. The Labute approximate surface area is 124 Å². The van der Waals surface area contributed by atoms with Gasteiger partial charge in [0.15, 0.2) is 0 Å². The van der Waals surface area contributed by atoms with E-state index in [4.69, 9.17) is 9.78 Å². The summed E-state index contributed by atoms with van der Waals surface area (Å²) in [6.45, 7) is 3.51. The van der Waals surface area contributed by atoms with E-state index in [0.29, 0.717) is 17.0 Å². The highest BCUT2D eigenvalue weighted by atomic mass is 16.5. The Morgan fingerprint density at radius 3 is 2.77 bits per heavy atom. The highest BCUT2D eigenvalue weighted by Gasteiger charge is 2.16. The summed E-state index contributed by atoms with van der Waals surface area (Å²) in [5.41, 5.74) is 1.82. The van der Waals surface area contributed by atoms with Crippen molar-refractivity contribution in [3.8, 4) is 29.0 Å². The van der Waals surface area contributed by atoms with Crippen LogP contribution in [0, 0.1) is 25.2 Å². The van der Waals surface area contributed by atoms with Gasteiger partial charge in [0.25, 0.3) is 11.4 Å². The number of rotatable bonds is 2. The maximum atomic E-state index is 11.6. The Morgan fingerprint density at radius 2 is 2.09 bits per heavy atom. The lowest BCUT2D eigenvalue weighted by Gasteiger charge is -2.00. The summed E-state index contributed by atoms with van der Waals surface area (Å²) < 4.78 is 5.20. The largest absolute Gasteiger partial charge is 0.333 e. The lowest BCUT2D eigenvalue weighted by atomic mass is 10.1. The molecule has 0 aliphatic rings. The first kappa shape index (κ1) is 13.6. The number of pyridine rings is 1. The summed E-state index contributed by atoms with van der Waals surface area (Å²) in [5.74, 6) is 0.481. The van der Waals surface area contributed by atoms with Gasteiger partial charge in [0.1, 0.15) is 17.3 Å². The average molecular weight is 294 g/mol. The SMILES string of the molecule is Cc1ccc(-c2noc(-c3cc(C#N)c(=O)[nH]c3C)n2)nn1. The molecule has 8 heteroatoms. The minimum absolute atomic E-state index is 0.0181. The third-order valence-corrected chi connectivity index (χ3v) is 3.04. The fraction of sp³-hybridized carbons (Fsp3) is 0.143. The van der Waals surface area contributed by atoms with E-state index in [0.717, 1.165) is 5.69 Å². The van der Waals surface area contributed by atoms with Crippen molar-refractivity contribution in [2.45, 2.75) is 13.8 Å². The lowest BCUT2D eigenvalue weighted by molar-refractivity contribution is 0.431. The minimum atomic E-state index is -0.451. The molecule has 3 rings (SSSR count). The summed E-state index contributed by atoms with van der Waals surface area (Å²) in [6, 6.07) is 6.77. The van der Waals surface area contributed by atoms with Gasteiger partial charge in [-0.3, -0.25) is 4.79 Å². The van der Waals surface area contributed by atoms with Crippen LogP contribution in [0.5, 0.6) is 0 Å². The van der Waals surface area contributed by atoms with Crippen molar-refractivity contribution >= 4 is 0 Å². The predicted molar refractivity (Wildman–Crippen MR) is 75.6 cm³/mol. The second kappa shape index (κ2) is 5.21. The topological polar surface area (TPSA) is 121 Å². The number of hydrogen-bond acceptors (Lipinski definition) is 7. The molecule has 0 aromatic carbocycles. The smallest absolute Gasteiger partial charge is 0.266 e. The highest BCUT2D eigenvalue weighted by molar-refractivity contribution is 5.61. The molecule has 0 bridgehead atoms. The van der Waals surface area contributed by atoms with Gasteiger partial charge in [-0.05, 0) is 32.0 Å². The van der Waals surface area contributed by atoms with Crippen molar-refractivity contribution in [2.24, 2.45) is 0 Å². The Hall–Kier alpha value is -3.34. The molecule has 3 heterocycles. The van der Waals surface area contributed by atoms with E-state index in [1.54, 1.807) is 19.1 Å². The fourth-order valence-electron chi connectivity index (χ4n) is 1.88. The molecule has 8 nitrogen and oxygen atoms in total. The van der Waals surface area contributed by atoms with Crippen LogP contribution in [0.25, 0.3) is 23.0 Å². The van der Waals surface area contributed by atoms with Crippen molar-refractivity contribution in [1.82, 2.24) is 25.3 Å². The number of nitrogens with one attached hydrogen (secondary N) is 1. The molecule has 3 aromatic heterocycles. The van der Waals surface area contributed by atoms with Gasteiger partial charge in [-0.1, -0.05) is 5.16 Å². The summed E-state index contributed by atoms with van der Waals surface area (Å²) >= 11 is 0. The Kier molecular flexibility index (Phi) is 3.23. The molecule has 3 aromatic rings. The summed E-state index contributed by atoms with van der Waals surface area (Å²) in [4.78, 5) is 18.4. The first-order valence-electron chi connectivity index (χ1n) is 6.37. The number of nitriles is 1. The van der Waals surface area contributed by atoms with E-state index in [2.05, 4.69) is 25.3 Å². The molecule has 0 unspecified atom stereocenters. The average Bonchev–Trinajstić information content (AvgIpc) is 2.98. The van der Waals surface area contributed by atoms with Crippen molar-refractivity contribution in [2.75, 3.05) is 0 Å². The Bertz CT molecular complexity index is 933. The normalized spacial score (nSPS) is 10.4. The summed E-state index contributed by atoms with van der Waals surface area (Å²) in [5, 5.41) is 20.7. The van der Waals surface area contributed by atoms with Crippen LogP contribution in [0.3, 0.4) is 0 Å². The van der Waals surface area contributed by atoms with Crippen molar-refractivity contribution in [3.05, 3.63) is 45.5 Å². The van der Waals surface area contributed by atoms with Crippen LogP contribution < -0.4 is 5.56 Å². The van der Waals surface area contributed by atoms with Crippen molar-refractivity contribution < 1.29 is 4.52 Å². The van der Waals surface area contributed by atoms with E-state index >= 15 is 0 Å². The molecule has 0 aliphatic heterocycles. The molecular formula is C14H10N6O2. The van der Waals surface area contributed by atoms with Crippen LogP contribution in [-0.2, 0) is 0 Å². The standard InChI is InChI=1S/C14H10N6O2/c1-7-3-4-11(19-18-7)12-17-14(22-20-12)10-5-9(6-15)13(21)16-8(10)2/h3-5H,1-2H3,(H,16,21). The van der Waals surface area contributed by atoms with Crippen molar-refractivity contribution in [3.63, 3.8) is 0 Å². The first-order valence-corrected chi connectivity index (χ1v) is 6.37. The second-order valence-corrected chi connectivity index (χ2v) is 4.65. The van der Waals surface area contributed by atoms with Crippen LogP contribution in [0.2, 0.25) is 0 Å². The molecule has 0 saturated heterocycles. The zero-order valence-corrected chi connectivity index (χ0v) is 11.8. The maximum Gasteiger partial charge on any atom is 0.266 e. The lowest BCUT2D eigenvalue weighted by Crippen LogP contribution is -2.12. The Morgan fingerprint density at radius 1 is 1.27 bits per heavy atom. The third kappa shape index (κ3) is 2.35. The maximum absolute atomic E-state index is 11.6. The van der Waals surface area contributed by atoms with E-state index in [9.17, 15) is 4.79 Å². The number of H-pyrrole nitrogens is 1. The molecule has 0 saturated carbocycles. The van der Waals surface area contributed by atoms with E-state index in [-0.39, 0.29) is 17.3 Å². The van der Waals surface area contributed by atoms with Crippen LogP contribution >= 0.6 is 0 Å². The zero-order valence-electron chi connectivity index (χ0n) is 11.8. The number of aryl methyl sites for hydroxylation is 2. The van der Waals surface area contributed by atoms with Crippen LogP contribution in [-0.4, -0.2) is 25.3 Å². The van der Waals surface area contributed by atoms with Crippen molar-refractivity contribution in [1.29, 1.82) is 5.26 Å². The van der Waals surface area contributed by atoms with Gasteiger partial charge in [-0.2, -0.15) is 15.3 Å². The first-order chi connectivity index (χ1) is 10.6. The van der Waals surface area contributed by atoms with Gasteiger partial charge in [0.05, 0.1) is 11.3 Å². The molecule has 0 radical (unpaired) electrons. The number of aromatic amines is 1. The van der Waals surface area contributed by atoms with E-state index in [1.807, 2.05) is 13.0 Å².